The SMILES string of the molecule is CCNC(=NCc1ncc(C(C)(C)C)o1)NCC(CC)Oc1ccccc1F. The molecule has 0 radical (unpaired) electrons. The first-order valence-electron chi connectivity index (χ1n) is 9.72. The lowest BCUT2D eigenvalue weighted by Crippen LogP contribution is -2.42. The first-order valence-corrected chi connectivity index (χ1v) is 9.72. The Morgan fingerprint density at radius 3 is 2.61 bits per heavy atom. The van der Waals surface area contributed by atoms with Crippen LogP contribution < -0.4 is 15.4 Å². The topological polar surface area (TPSA) is 71.7 Å². The zero-order valence-corrected chi connectivity index (χ0v) is 17.4. The fourth-order valence-corrected chi connectivity index (χ4v) is 2.42. The average Bonchev–Trinajstić information content (AvgIpc) is 3.14. The van der Waals surface area contributed by atoms with Crippen molar-refractivity contribution in [1.82, 2.24) is 15.6 Å². The van der Waals surface area contributed by atoms with Crippen LogP contribution in [0.2, 0.25) is 0 Å². The van der Waals surface area contributed by atoms with Crippen molar-refractivity contribution in [2.75, 3.05) is 13.1 Å². The fraction of sp³-hybridized carbons (Fsp3) is 0.524. The van der Waals surface area contributed by atoms with Gasteiger partial charge in [-0.2, -0.15) is 0 Å². The van der Waals surface area contributed by atoms with Gasteiger partial charge in [-0.25, -0.2) is 14.4 Å². The number of aromatic nitrogens is 1. The number of ether oxygens (including phenoxy) is 1. The van der Waals surface area contributed by atoms with Gasteiger partial charge in [-0.3, -0.25) is 0 Å². The number of nitrogens with one attached hydrogen (secondary N) is 2. The Hall–Kier alpha value is -2.57. The molecule has 0 amide bonds. The van der Waals surface area contributed by atoms with Gasteiger partial charge in [0.1, 0.15) is 18.4 Å². The third kappa shape index (κ3) is 6.55. The number of halogens is 1. The number of hydrogen-bond acceptors (Lipinski definition) is 4. The lowest BCUT2D eigenvalue weighted by Gasteiger charge is -2.20. The summed E-state index contributed by atoms with van der Waals surface area (Å²) in [5, 5.41) is 6.43. The maximum atomic E-state index is 13.8. The number of oxazole rings is 1. The van der Waals surface area contributed by atoms with E-state index in [1.54, 1.807) is 24.4 Å². The molecule has 0 saturated heterocycles. The Labute approximate surface area is 166 Å². The first-order chi connectivity index (χ1) is 13.3. The average molecular weight is 391 g/mol. The van der Waals surface area contributed by atoms with Gasteiger partial charge in [0.15, 0.2) is 17.5 Å². The van der Waals surface area contributed by atoms with Crippen LogP contribution in [0.4, 0.5) is 4.39 Å². The summed E-state index contributed by atoms with van der Waals surface area (Å²) in [5.74, 6) is 1.93. The summed E-state index contributed by atoms with van der Waals surface area (Å²) >= 11 is 0. The Bertz CT molecular complexity index is 768. The molecular weight excluding hydrogens is 359 g/mol. The van der Waals surface area contributed by atoms with E-state index in [4.69, 9.17) is 9.15 Å². The van der Waals surface area contributed by atoms with Crippen LogP contribution in [0.25, 0.3) is 0 Å². The summed E-state index contributed by atoms with van der Waals surface area (Å²) < 4.78 is 25.4. The second-order valence-corrected chi connectivity index (χ2v) is 7.52. The van der Waals surface area contributed by atoms with Gasteiger partial charge in [0.05, 0.1) is 12.7 Å². The van der Waals surface area contributed by atoms with Gasteiger partial charge in [-0.15, -0.1) is 0 Å². The van der Waals surface area contributed by atoms with Crippen LogP contribution in [0.5, 0.6) is 5.75 Å². The molecule has 0 aliphatic carbocycles. The van der Waals surface area contributed by atoms with Gasteiger partial charge < -0.3 is 19.8 Å². The Morgan fingerprint density at radius 1 is 1.25 bits per heavy atom. The predicted octanol–water partition coefficient (Wildman–Crippen LogP) is 4.02. The molecule has 1 atom stereocenters. The van der Waals surface area contributed by atoms with Crippen molar-refractivity contribution in [2.45, 2.75) is 59.1 Å². The second kappa shape index (κ2) is 10.1. The second-order valence-electron chi connectivity index (χ2n) is 7.52. The predicted molar refractivity (Wildman–Crippen MR) is 109 cm³/mol. The fourth-order valence-electron chi connectivity index (χ4n) is 2.42. The molecule has 2 rings (SSSR count). The molecular formula is C21H31FN4O2. The maximum absolute atomic E-state index is 13.8. The highest BCUT2D eigenvalue weighted by Gasteiger charge is 2.19. The first kappa shape index (κ1) is 21.7. The summed E-state index contributed by atoms with van der Waals surface area (Å²) in [4.78, 5) is 8.81. The van der Waals surface area contributed by atoms with Crippen LogP contribution in [0.1, 0.15) is 52.7 Å². The number of benzene rings is 1. The van der Waals surface area contributed by atoms with Crippen molar-refractivity contribution in [1.29, 1.82) is 0 Å². The number of guanidine groups is 1. The highest BCUT2D eigenvalue weighted by atomic mass is 19.1. The Kier molecular flexibility index (Phi) is 7.84. The highest BCUT2D eigenvalue weighted by Crippen LogP contribution is 2.22. The molecule has 2 aromatic rings. The summed E-state index contributed by atoms with van der Waals surface area (Å²) in [7, 11) is 0. The minimum Gasteiger partial charge on any atom is -0.486 e. The minimum absolute atomic E-state index is 0.0872. The molecule has 0 fully saturated rings. The van der Waals surface area contributed by atoms with Crippen molar-refractivity contribution in [3.05, 3.63) is 47.9 Å². The van der Waals surface area contributed by atoms with Gasteiger partial charge >= 0.3 is 0 Å². The van der Waals surface area contributed by atoms with E-state index >= 15 is 0 Å². The quantitative estimate of drug-likeness (QED) is 0.526. The number of hydrogen-bond donors (Lipinski definition) is 2. The van der Waals surface area contributed by atoms with E-state index < -0.39 is 0 Å². The molecule has 1 aromatic heterocycles. The zero-order chi connectivity index (χ0) is 20.6. The van der Waals surface area contributed by atoms with Gasteiger partial charge in [0.25, 0.3) is 0 Å². The molecule has 0 saturated carbocycles. The van der Waals surface area contributed by atoms with Crippen LogP contribution in [0.15, 0.2) is 39.9 Å². The molecule has 6 nitrogen and oxygen atoms in total. The van der Waals surface area contributed by atoms with Crippen LogP contribution >= 0.6 is 0 Å². The molecule has 1 heterocycles. The van der Waals surface area contributed by atoms with E-state index in [0.717, 1.165) is 18.7 Å². The van der Waals surface area contributed by atoms with Crippen LogP contribution in [-0.4, -0.2) is 30.1 Å². The summed E-state index contributed by atoms with van der Waals surface area (Å²) in [6.07, 6.45) is 2.30. The van der Waals surface area contributed by atoms with Crippen molar-refractivity contribution >= 4 is 5.96 Å². The number of rotatable bonds is 8. The number of nitrogens with zero attached hydrogens (tertiary/aromatic N) is 2. The smallest absolute Gasteiger partial charge is 0.216 e. The van der Waals surface area contributed by atoms with E-state index in [2.05, 4.69) is 41.4 Å². The monoisotopic (exact) mass is 390 g/mol. The number of para-hydroxylation sites is 1. The van der Waals surface area contributed by atoms with E-state index in [0.29, 0.717) is 24.9 Å². The molecule has 7 heteroatoms. The van der Waals surface area contributed by atoms with Crippen LogP contribution in [0.3, 0.4) is 0 Å². The number of aliphatic imine (C=N–C) groups is 1. The van der Waals surface area contributed by atoms with Gasteiger partial charge in [-0.1, -0.05) is 39.8 Å². The van der Waals surface area contributed by atoms with E-state index in [-0.39, 0.29) is 23.1 Å². The molecule has 0 bridgehead atoms. The normalized spacial score (nSPS) is 13.3. The summed E-state index contributed by atoms with van der Waals surface area (Å²) in [5.41, 5.74) is -0.0872. The summed E-state index contributed by atoms with van der Waals surface area (Å²) in [6, 6.07) is 6.42. The van der Waals surface area contributed by atoms with Gasteiger partial charge in [-0.05, 0) is 25.5 Å². The Balaban J connectivity index is 1.96. The third-order valence-electron chi connectivity index (χ3n) is 4.09. The summed E-state index contributed by atoms with van der Waals surface area (Å²) in [6.45, 7) is 11.8. The molecule has 0 spiro atoms. The lowest BCUT2D eigenvalue weighted by molar-refractivity contribution is 0.191. The molecule has 0 aliphatic heterocycles. The molecule has 154 valence electrons. The van der Waals surface area contributed by atoms with Gasteiger partial charge in [0.2, 0.25) is 5.89 Å². The molecule has 1 aromatic carbocycles. The largest absolute Gasteiger partial charge is 0.486 e. The zero-order valence-electron chi connectivity index (χ0n) is 17.4. The highest BCUT2D eigenvalue weighted by molar-refractivity contribution is 5.79. The van der Waals surface area contributed by atoms with E-state index in [9.17, 15) is 4.39 Å². The lowest BCUT2D eigenvalue weighted by atomic mass is 9.94. The standard InChI is InChI=1S/C21H31FN4O2/c1-6-15(27-17-11-9-8-10-16(17)22)12-25-20(23-7-2)26-14-19-24-13-18(28-19)21(3,4)5/h8-11,13,15H,6-7,12,14H2,1-5H3,(H2,23,25,26). The molecule has 28 heavy (non-hydrogen) atoms. The minimum atomic E-state index is -0.361. The third-order valence-corrected chi connectivity index (χ3v) is 4.09. The van der Waals surface area contributed by atoms with Crippen molar-refractivity contribution in [3.8, 4) is 5.75 Å². The van der Waals surface area contributed by atoms with Crippen molar-refractivity contribution in [2.24, 2.45) is 4.99 Å². The molecule has 0 aliphatic rings. The van der Waals surface area contributed by atoms with Gasteiger partial charge in [0, 0.05) is 12.0 Å². The van der Waals surface area contributed by atoms with Crippen molar-refractivity contribution in [3.63, 3.8) is 0 Å². The van der Waals surface area contributed by atoms with Crippen LogP contribution in [0, 0.1) is 5.82 Å². The van der Waals surface area contributed by atoms with E-state index in [1.807, 2.05) is 13.8 Å². The maximum Gasteiger partial charge on any atom is 0.216 e. The van der Waals surface area contributed by atoms with E-state index in [1.165, 1.54) is 6.07 Å². The molecule has 1 unspecified atom stereocenters. The van der Waals surface area contributed by atoms with Crippen LogP contribution in [-0.2, 0) is 12.0 Å². The molecule has 2 N–H and O–H groups in total. The Morgan fingerprint density at radius 2 is 2.00 bits per heavy atom. The van der Waals surface area contributed by atoms with Crippen molar-refractivity contribution < 1.29 is 13.5 Å².